The number of fused-ring (bicyclic) bond motifs is 1. The molecule has 98 valence electrons. The third-order valence-electron chi connectivity index (χ3n) is 3.43. The summed E-state index contributed by atoms with van der Waals surface area (Å²) in [7, 11) is 0. The predicted octanol–water partition coefficient (Wildman–Crippen LogP) is 3.34. The molecule has 2 rings (SSSR count). The molecule has 0 fully saturated rings. The van der Waals surface area contributed by atoms with E-state index < -0.39 is 5.54 Å². The standard InChI is InChI=1S/C14H20FN3/c1-5-14(4,16)13-17-12-10(15)7-6-8-11(12)18(13)9(2)3/h6-9H,5,16H2,1-4H3. The number of nitrogens with two attached hydrogens (primary N) is 1. The number of hydrogen-bond donors (Lipinski definition) is 1. The fraction of sp³-hybridized carbons (Fsp3) is 0.500. The van der Waals surface area contributed by atoms with Crippen molar-refractivity contribution in [2.75, 3.05) is 0 Å². The summed E-state index contributed by atoms with van der Waals surface area (Å²) in [6.45, 7) is 8.06. The SMILES string of the molecule is CCC(C)(N)c1nc2c(F)cccc2n1C(C)C. The van der Waals surface area contributed by atoms with E-state index in [0.29, 0.717) is 5.52 Å². The number of hydrogen-bond acceptors (Lipinski definition) is 2. The van der Waals surface area contributed by atoms with E-state index in [1.165, 1.54) is 6.07 Å². The Bertz CT molecular complexity index is 570. The molecule has 1 heterocycles. The fourth-order valence-corrected chi connectivity index (χ4v) is 2.17. The number of para-hydroxylation sites is 1. The number of rotatable bonds is 3. The molecule has 1 unspecified atom stereocenters. The molecule has 0 aliphatic heterocycles. The third-order valence-corrected chi connectivity index (χ3v) is 3.43. The summed E-state index contributed by atoms with van der Waals surface area (Å²) in [6, 6.07) is 5.23. The highest BCUT2D eigenvalue weighted by Gasteiger charge is 2.28. The van der Waals surface area contributed by atoms with Gasteiger partial charge in [-0.05, 0) is 39.3 Å². The molecule has 1 aromatic carbocycles. The highest BCUT2D eigenvalue weighted by molar-refractivity contribution is 5.77. The number of nitrogens with zero attached hydrogens (tertiary/aromatic N) is 2. The minimum absolute atomic E-state index is 0.196. The molecule has 0 saturated heterocycles. The topological polar surface area (TPSA) is 43.8 Å². The zero-order valence-electron chi connectivity index (χ0n) is 11.4. The van der Waals surface area contributed by atoms with Gasteiger partial charge in [0.1, 0.15) is 11.3 Å². The average Bonchev–Trinajstić information content (AvgIpc) is 2.70. The first-order valence-electron chi connectivity index (χ1n) is 6.34. The Labute approximate surface area is 107 Å². The van der Waals surface area contributed by atoms with Crippen molar-refractivity contribution in [3.63, 3.8) is 0 Å². The second kappa shape index (κ2) is 4.35. The number of imidazole rings is 1. The van der Waals surface area contributed by atoms with Crippen LogP contribution in [0, 0.1) is 5.82 Å². The van der Waals surface area contributed by atoms with E-state index in [1.807, 2.05) is 24.5 Å². The van der Waals surface area contributed by atoms with Crippen molar-refractivity contribution in [3.8, 4) is 0 Å². The van der Waals surface area contributed by atoms with Crippen LogP contribution in [0.3, 0.4) is 0 Å². The van der Waals surface area contributed by atoms with Gasteiger partial charge in [0.2, 0.25) is 0 Å². The second-order valence-electron chi connectivity index (χ2n) is 5.28. The summed E-state index contributed by atoms with van der Waals surface area (Å²) in [5.74, 6) is 0.458. The van der Waals surface area contributed by atoms with E-state index in [1.54, 1.807) is 6.07 Å². The van der Waals surface area contributed by atoms with E-state index in [9.17, 15) is 4.39 Å². The van der Waals surface area contributed by atoms with Crippen LogP contribution in [0.2, 0.25) is 0 Å². The molecule has 4 heteroatoms. The molecular weight excluding hydrogens is 229 g/mol. The van der Waals surface area contributed by atoms with Gasteiger partial charge in [0.15, 0.2) is 5.82 Å². The zero-order valence-corrected chi connectivity index (χ0v) is 11.4. The van der Waals surface area contributed by atoms with E-state index in [2.05, 4.69) is 18.8 Å². The van der Waals surface area contributed by atoms with Gasteiger partial charge in [0.05, 0.1) is 11.1 Å². The lowest BCUT2D eigenvalue weighted by atomic mass is 9.99. The minimum Gasteiger partial charge on any atom is -0.324 e. The van der Waals surface area contributed by atoms with Gasteiger partial charge in [0, 0.05) is 6.04 Å². The van der Waals surface area contributed by atoms with E-state index >= 15 is 0 Å². The Morgan fingerprint density at radius 3 is 2.67 bits per heavy atom. The van der Waals surface area contributed by atoms with Crippen molar-refractivity contribution in [2.45, 2.75) is 45.7 Å². The summed E-state index contributed by atoms with van der Waals surface area (Å²) < 4.78 is 15.8. The van der Waals surface area contributed by atoms with Crippen LogP contribution in [0.5, 0.6) is 0 Å². The summed E-state index contributed by atoms with van der Waals surface area (Å²) in [4.78, 5) is 4.44. The molecule has 0 bridgehead atoms. The molecule has 1 atom stereocenters. The van der Waals surface area contributed by atoms with Crippen LogP contribution < -0.4 is 5.73 Å². The first-order chi connectivity index (χ1) is 8.38. The largest absolute Gasteiger partial charge is 0.324 e. The monoisotopic (exact) mass is 249 g/mol. The van der Waals surface area contributed by atoms with Crippen LogP contribution in [0.4, 0.5) is 4.39 Å². The maximum atomic E-state index is 13.8. The number of benzene rings is 1. The summed E-state index contributed by atoms with van der Waals surface area (Å²) in [5.41, 5.74) is 6.96. The first kappa shape index (κ1) is 13.0. The summed E-state index contributed by atoms with van der Waals surface area (Å²) >= 11 is 0. The van der Waals surface area contributed by atoms with E-state index in [-0.39, 0.29) is 11.9 Å². The Morgan fingerprint density at radius 1 is 1.44 bits per heavy atom. The van der Waals surface area contributed by atoms with Gasteiger partial charge in [-0.1, -0.05) is 13.0 Å². The lowest BCUT2D eigenvalue weighted by Crippen LogP contribution is -2.35. The molecule has 1 aromatic heterocycles. The number of aromatic nitrogens is 2. The second-order valence-corrected chi connectivity index (χ2v) is 5.28. The van der Waals surface area contributed by atoms with E-state index in [4.69, 9.17) is 5.73 Å². The normalized spacial score (nSPS) is 15.3. The van der Waals surface area contributed by atoms with Crippen LogP contribution >= 0.6 is 0 Å². The number of halogens is 1. The van der Waals surface area contributed by atoms with Gasteiger partial charge < -0.3 is 10.3 Å². The highest BCUT2D eigenvalue weighted by atomic mass is 19.1. The lowest BCUT2D eigenvalue weighted by molar-refractivity contribution is 0.409. The predicted molar refractivity (Wildman–Crippen MR) is 71.9 cm³/mol. The van der Waals surface area contributed by atoms with Crippen LogP contribution in [-0.2, 0) is 5.54 Å². The van der Waals surface area contributed by atoms with Gasteiger partial charge in [-0.25, -0.2) is 9.37 Å². The lowest BCUT2D eigenvalue weighted by Gasteiger charge is -2.25. The average molecular weight is 249 g/mol. The van der Waals surface area contributed by atoms with Crippen LogP contribution in [0.1, 0.15) is 46.0 Å². The van der Waals surface area contributed by atoms with Crippen molar-refractivity contribution in [1.29, 1.82) is 0 Å². The Hall–Kier alpha value is -1.42. The summed E-state index contributed by atoms with van der Waals surface area (Å²) in [5, 5.41) is 0. The molecule has 18 heavy (non-hydrogen) atoms. The fourth-order valence-electron chi connectivity index (χ4n) is 2.17. The van der Waals surface area contributed by atoms with Crippen molar-refractivity contribution >= 4 is 11.0 Å². The van der Waals surface area contributed by atoms with E-state index in [0.717, 1.165) is 17.8 Å². The molecular formula is C14H20FN3. The molecule has 0 radical (unpaired) electrons. The third kappa shape index (κ3) is 1.90. The maximum Gasteiger partial charge on any atom is 0.151 e. The molecule has 0 amide bonds. The molecule has 0 spiro atoms. The van der Waals surface area contributed by atoms with Gasteiger partial charge >= 0.3 is 0 Å². The van der Waals surface area contributed by atoms with Crippen molar-refractivity contribution < 1.29 is 4.39 Å². The molecule has 0 aliphatic carbocycles. The smallest absolute Gasteiger partial charge is 0.151 e. The molecule has 2 aromatic rings. The zero-order chi connectivity index (χ0) is 13.5. The van der Waals surface area contributed by atoms with Gasteiger partial charge in [-0.15, -0.1) is 0 Å². The Morgan fingerprint density at radius 2 is 2.11 bits per heavy atom. The van der Waals surface area contributed by atoms with Crippen molar-refractivity contribution in [1.82, 2.24) is 9.55 Å². The van der Waals surface area contributed by atoms with Gasteiger partial charge in [-0.2, -0.15) is 0 Å². The van der Waals surface area contributed by atoms with Gasteiger partial charge in [-0.3, -0.25) is 0 Å². The minimum atomic E-state index is -0.546. The molecule has 3 nitrogen and oxygen atoms in total. The van der Waals surface area contributed by atoms with Gasteiger partial charge in [0.25, 0.3) is 0 Å². The molecule has 2 N–H and O–H groups in total. The first-order valence-corrected chi connectivity index (χ1v) is 6.34. The maximum absolute atomic E-state index is 13.8. The molecule has 0 saturated carbocycles. The van der Waals surface area contributed by atoms with Crippen LogP contribution in [-0.4, -0.2) is 9.55 Å². The van der Waals surface area contributed by atoms with Crippen molar-refractivity contribution in [3.05, 3.63) is 29.8 Å². The quantitative estimate of drug-likeness (QED) is 0.906. The van der Waals surface area contributed by atoms with Crippen molar-refractivity contribution in [2.24, 2.45) is 5.73 Å². The molecule has 0 aliphatic rings. The highest BCUT2D eigenvalue weighted by Crippen LogP contribution is 2.29. The summed E-state index contributed by atoms with van der Waals surface area (Å²) in [6.07, 6.45) is 0.755. The Balaban J connectivity index is 2.81. The Kier molecular flexibility index (Phi) is 3.15. The van der Waals surface area contributed by atoms with Crippen LogP contribution in [0.25, 0.3) is 11.0 Å². The van der Waals surface area contributed by atoms with Crippen LogP contribution in [0.15, 0.2) is 18.2 Å².